The molecule has 18 heavy (non-hydrogen) atoms. The molecular formula is C13H17NO4. The maximum Gasteiger partial charge on any atom is 0.359 e. The lowest BCUT2D eigenvalue weighted by atomic mass is 10.0. The number of carbonyl (C=O) groups excluding carboxylic acids is 2. The van der Waals surface area contributed by atoms with Crippen LogP contribution in [0.2, 0.25) is 0 Å². The fraction of sp³-hybridized carbons (Fsp3) is 0.385. The van der Waals surface area contributed by atoms with E-state index in [0.29, 0.717) is 0 Å². The molecule has 0 saturated heterocycles. The normalized spacial score (nSPS) is 13.5. The lowest BCUT2D eigenvalue weighted by molar-refractivity contribution is -0.173. The molecule has 0 aromatic heterocycles. The zero-order valence-corrected chi connectivity index (χ0v) is 10.7. The standard InChI is InChI=1S/C13H17NO4/c1-10(15)14-13(18-3,12(16)17-2)9-11-7-5-4-6-8-11/h4-8H,9H2,1-3H3,(H,14,15). The summed E-state index contributed by atoms with van der Waals surface area (Å²) >= 11 is 0. The lowest BCUT2D eigenvalue weighted by Gasteiger charge is -2.30. The van der Waals surface area contributed by atoms with E-state index in [1.165, 1.54) is 21.1 Å². The van der Waals surface area contributed by atoms with Crippen molar-refractivity contribution in [3.63, 3.8) is 0 Å². The summed E-state index contributed by atoms with van der Waals surface area (Å²) in [6.45, 7) is 1.32. The summed E-state index contributed by atoms with van der Waals surface area (Å²) < 4.78 is 9.90. The molecule has 1 N–H and O–H groups in total. The van der Waals surface area contributed by atoms with E-state index in [4.69, 9.17) is 9.47 Å². The number of hydrogen-bond acceptors (Lipinski definition) is 4. The van der Waals surface area contributed by atoms with Crippen LogP contribution in [0.1, 0.15) is 12.5 Å². The van der Waals surface area contributed by atoms with Crippen molar-refractivity contribution in [2.75, 3.05) is 14.2 Å². The van der Waals surface area contributed by atoms with Gasteiger partial charge in [0.1, 0.15) is 0 Å². The van der Waals surface area contributed by atoms with E-state index >= 15 is 0 Å². The van der Waals surface area contributed by atoms with E-state index in [0.717, 1.165) is 5.56 Å². The number of methoxy groups -OCH3 is 2. The number of ether oxygens (including phenoxy) is 2. The van der Waals surface area contributed by atoms with Crippen molar-refractivity contribution in [3.8, 4) is 0 Å². The van der Waals surface area contributed by atoms with Gasteiger partial charge in [-0.15, -0.1) is 0 Å². The summed E-state index contributed by atoms with van der Waals surface area (Å²) in [4.78, 5) is 23.1. The zero-order valence-electron chi connectivity index (χ0n) is 10.7. The summed E-state index contributed by atoms with van der Waals surface area (Å²) in [6, 6.07) is 9.26. The Kier molecular flexibility index (Phi) is 4.85. The second kappa shape index (κ2) is 6.16. The van der Waals surface area contributed by atoms with Crippen LogP contribution in [-0.4, -0.2) is 31.8 Å². The number of rotatable bonds is 5. The third kappa shape index (κ3) is 3.30. The van der Waals surface area contributed by atoms with Gasteiger partial charge in [0.25, 0.3) is 0 Å². The maximum absolute atomic E-state index is 11.8. The maximum atomic E-state index is 11.8. The first-order valence-electron chi connectivity index (χ1n) is 5.50. The predicted molar refractivity (Wildman–Crippen MR) is 65.7 cm³/mol. The van der Waals surface area contributed by atoms with E-state index in [1.807, 2.05) is 30.3 Å². The van der Waals surface area contributed by atoms with Gasteiger partial charge in [0.2, 0.25) is 11.6 Å². The van der Waals surface area contributed by atoms with Crippen molar-refractivity contribution in [2.45, 2.75) is 19.1 Å². The third-order valence-corrected chi connectivity index (χ3v) is 2.54. The Balaban J connectivity index is 3.02. The molecule has 0 radical (unpaired) electrons. The molecule has 0 heterocycles. The molecular weight excluding hydrogens is 234 g/mol. The molecule has 0 spiro atoms. The van der Waals surface area contributed by atoms with Crippen LogP contribution in [0.4, 0.5) is 0 Å². The van der Waals surface area contributed by atoms with Crippen LogP contribution in [0.3, 0.4) is 0 Å². The summed E-state index contributed by atoms with van der Waals surface area (Å²) in [7, 11) is 2.61. The van der Waals surface area contributed by atoms with Crippen LogP contribution in [0, 0.1) is 0 Å². The molecule has 0 aliphatic carbocycles. The lowest BCUT2D eigenvalue weighted by Crippen LogP contribution is -2.57. The van der Waals surface area contributed by atoms with Gasteiger partial charge in [0.15, 0.2) is 0 Å². The van der Waals surface area contributed by atoms with Crippen LogP contribution in [0.25, 0.3) is 0 Å². The second-order valence-electron chi connectivity index (χ2n) is 3.87. The number of carbonyl (C=O) groups is 2. The Morgan fingerprint density at radius 1 is 1.22 bits per heavy atom. The van der Waals surface area contributed by atoms with Gasteiger partial charge in [0, 0.05) is 20.5 Å². The SMILES string of the molecule is COC(=O)C(Cc1ccccc1)(NC(C)=O)OC. The molecule has 1 aromatic rings. The van der Waals surface area contributed by atoms with Gasteiger partial charge in [-0.2, -0.15) is 0 Å². The monoisotopic (exact) mass is 251 g/mol. The van der Waals surface area contributed by atoms with E-state index in [9.17, 15) is 9.59 Å². The Morgan fingerprint density at radius 3 is 2.28 bits per heavy atom. The molecule has 5 heteroatoms. The number of amides is 1. The minimum atomic E-state index is -1.48. The van der Waals surface area contributed by atoms with Crippen molar-refractivity contribution in [1.29, 1.82) is 0 Å². The van der Waals surface area contributed by atoms with Gasteiger partial charge >= 0.3 is 5.97 Å². The van der Waals surface area contributed by atoms with Crippen LogP contribution in [0.5, 0.6) is 0 Å². The molecule has 1 amide bonds. The average molecular weight is 251 g/mol. The topological polar surface area (TPSA) is 64.6 Å². The Hall–Kier alpha value is -1.88. The molecule has 1 rings (SSSR count). The molecule has 1 unspecified atom stereocenters. The van der Waals surface area contributed by atoms with E-state index in [2.05, 4.69) is 5.32 Å². The Bertz CT molecular complexity index is 418. The molecule has 5 nitrogen and oxygen atoms in total. The second-order valence-corrected chi connectivity index (χ2v) is 3.87. The third-order valence-electron chi connectivity index (χ3n) is 2.54. The Labute approximate surface area is 106 Å². The highest BCUT2D eigenvalue weighted by Crippen LogP contribution is 2.16. The van der Waals surface area contributed by atoms with Gasteiger partial charge in [-0.25, -0.2) is 4.79 Å². The van der Waals surface area contributed by atoms with E-state index in [1.54, 1.807) is 0 Å². The summed E-state index contributed by atoms with van der Waals surface area (Å²) in [6.07, 6.45) is 0.205. The predicted octanol–water partition coefficient (Wildman–Crippen LogP) is 0.881. The zero-order chi connectivity index (χ0) is 13.6. The van der Waals surface area contributed by atoms with Crippen molar-refractivity contribution in [1.82, 2.24) is 5.32 Å². The first kappa shape index (κ1) is 14.2. The van der Waals surface area contributed by atoms with Crippen LogP contribution in [-0.2, 0) is 25.5 Å². The number of benzene rings is 1. The van der Waals surface area contributed by atoms with Crippen molar-refractivity contribution in [2.24, 2.45) is 0 Å². The molecule has 98 valence electrons. The summed E-state index contributed by atoms with van der Waals surface area (Å²) in [5.74, 6) is -0.998. The number of nitrogens with one attached hydrogen (secondary N) is 1. The smallest absolute Gasteiger partial charge is 0.359 e. The molecule has 1 aromatic carbocycles. The van der Waals surface area contributed by atoms with Crippen molar-refractivity contribution >= 4 is 11.9 Å². The van der Waals surface area contributed by atoms with Gasteiger partial charge in [-0.1, -0.05) is 30.3 Å². The highest BCUT2D eigenvalue weighted by Gasteiger charge is 2.41. The molecule has 0 saturated carbocycles. The Morgan fingerprint density at radius 2 is 1.83 bits per heavy atom. The first-order valence-corrected chi connectivity index (χ1v) is 5.50. The molecule has 1 atom stereocenters. The number of hydrogen-bond donors (Lipinski definition) is 1. The van der Waals surface area contributed by atoms with Crippen molar-refractivity contribution < 1.29 is 19.1 Å². The van der Waals surface area contributed by atoms with Crippen LogP contribution >= 0.6 is 0 Å². The fourth-order valence-electron chi connectivity index (χ4n) is 1.71. The molecule has 0 aliphatic heterocycles. The molecule has 0 aliphatic rings. The fourth-order valence-corrected chi connectivity index (χ4v) is 1.71. The highest BCUT2D eigenvalue weighted by atomic mass is 16.6. The quantitative estimate of drug-likeness (QED) is 0.623. The number of esters is 1. The van der Waals surface area contributed by atoms with Gasteiger partial charge in [-0.05, 0) is 5.56 Å². The molecule has 0 bridgehead atoms. The minimum Gasteiger partial charge on any atom is -0.465 e. The summed E-state index contributed by atoms with van der Waals surface area (Å²) in [5, 5.41) is 2.51. The highest BCUT2D eigenvalue weighted by molar-refractivity contribution is 5.86. The average Bonchev–Trinajstić information content (AvgIpc) is 2.37. The van der Waals surface area contributed by atoms with Gasteiger partial charge in [0.05, 0.1) is 7.11 Å². The van der Waals surface area contributed by atoms with Crippen molar-refractivity contribution in [3.05, 3.63) is 35.9 Å². The first-order chi connectivity index (χ1) is 8.54. The summed E-state index contributed by atoms with van der Waals surface area (Å²) in [5.41, 5.74) is -0.624. The minimum absolute atomic E-state index is 0.205. The van der Waals surface area contributed by atoms with Crippen LogP contribution in [0.15, 0.2) is 30.3 Å². The van der Waals surface area contributed by atoms with Gasteiger partial charge < -0.3 is 14.8 Å². The molecule has 0 fully saturated rings. The van der Waals surface area contributed by atoms with E-state index < -0.39 is 11.7 Å². The van der Waals surface area contributed by atoms with Crippen LogP contribution < -0.4 is 5.32 Å². The van der Waals surface area contributed by atoms with Gasteiger partial charge in [-0.3, -0.25) is 4.79 Å². The van der Waals surface area contributed by atoms with E-state index in [-0.39, 0.29) is 12.3 Å². The largest absolute Gasteiger partial charge is 0.465 e.